The van der Waals surface area contributed by atoms with Crippen LogP contribution in [0.1, 0.15) is 32.1 Å². The summed E-state index contributed by atoms with van der Waals surface area (Å²) in [7, 11) is 0. The Morgan fingerprint density at radius 3 is 2.47 bits per heavy atom. The molecule has 34 heavy (non-hydrogen) atoms. The number of carbonyl (C=O) groups excluding carboxylic acids is 2. The average Bonchev–Trinajstić information content (AvgIpc) is 3.23. The molecule has 0 saturated heterocycles. The van der Waals surface area contributed by atoms with Crippen molar-refractivity contribution in [3.8, 4) is 5.69 Å². The number of benzene rings is 2. The summed E-state index contributed by atoms with van der Waals surface area (Å²) in [6.07, 6.45) is 1.66. The van der Waals surface area contributed by atoms with Gasteiger partial charge in [0.25, 0.3) is 17.5 Å². The molecule has 4 aromatic rings. The van der Waals surface area contributed by atoms with Gasteiger partial charge in [-0.15, -0.1) is 0 Å². The molecule has 10 nitrogen and oxygen atoms in total. The van der Waals surface area contributed by atoms with Gasteiger partial charge in [-0.05, 0) is 49.4 Å². The van der Waals surface area contributed by atoms with Gasteiger partial charge in [0.2, 0.25) is 0 Å². The lowest BCUT2D eigenvalue weighted by Gasteiger charge is -2.10. The zero-order chi connectivity index (χ0) is 24.1. The molecule has 2 aromatic carbocycles. The van der Waals surface area contributed by atoms with Gasteiger partial charge in [0, 0.05) is 35.5 Å². The standard InChI is InChI=1S/C24H20N6O4/c1-16-13-22(27-24(32)18-5-4-7-21(14-18)30(33)34)29(28-16)20-10-8-17(9-11-20)23(31)26-15-19-6-2-3-12-25-19/h2-14H,15H2,1H3,(H,26,31)(H,27,32). The van der Waals surface area contributed by atoms with Crippen molar-refractivity contribution in [1.29, 1.82) is 0 Å². The molecule has 10 heteroatoms. The minimum atomic E-state index is -0.556. The van der Waals surface area contributed by atoms with E-state index in [4.69, 9.17) is 0 Å². The van der Waals surface area contributed by atoms with Gasteiger partial charge in [-0.2, -0.15) is 5.10 Å². The second-order valence-corrected chi connectivity index (χ2v) is 7.39. The molecular formula is C24H20N6O4. The Labute approximate surface area is 194 Å². The fraction of sp³-hybridized carbons (Fsp3) is 0.0833. The molecule has 2 N–H and O–H groups in total. The van der Waals surface area contributed by atoms with Gasteiger partial charge in [0.05, 0.1) is 28.5 Å². The summed E-state index contributed by atoms with van der Waals surface area (Å²) in [6.45, 7) is 2.09. The summed E-state index contributed by atoms with van der Waals surface area (Å²) in [6, 6.07) is 19.4. The van der Waals surface area contributed by atoms with E-state index in [9.17, 15) is 19.7 Å². The van der Waals surface area contributed by atoms with Gasteiger partial charge in [-0.1, -0.05) is 12.1 Å². The molecule has 0 bridgehead atoms. The number of pyridine rings is 1. The number of nitro groups is 1. The molecule has 0 radical (unpaired) electrons. The average molecular weight is 456 g/mol. The normalized spacial score (nSPS) is 10.5. The van der Waals surface area contributed by atoms with Crippen LogP contribution in [0.5, 0.6) is 0 Å². The van der Waals surface area contributed by atoms with E-state index in [1.165, 1.54) is 28.9 Å². The number of anilines is 1. The van der Waals surface area contributed by atoms with E-state index in [1.54, 1.807) is 49.5 Å². The van der Waals surface area contributed by atoms with Crippen molar-refractivity contribution in [2.24, 2.45) is 0 Å². The van der Waals surface area contributed by atoms with E-state index in [0.717, 1.165) is 5.69 Å². The first-order valence-corrected chi connectivity index (χ1v) is 10.3. The van der Waals surface area contributed by atoms with Crippen LogP contribution in [0.4, 0.5) is 11.5 Å². The maximum atomic E-state index is 12.7. The smallest absolute Gasteiger partial charge is 0.270 e. The molecule has 4 rings (SSSR count). The van der Waals surface area contributed by atoms with Crippen molar-refractivity contribution in [3.05, 3.63) is 112 Å². The Morgan fingerprint density at radius 1 is 0.971 bits per heavy atom. The number of rotatable bonds is 7. The fourth-order valence-corrected chi connectivity index (χ4v) is 3.26. The second kappa shape index (κ2) is 9.74. The summed E-state index contributed by atoms with van der Waals surface area (Å²) < 4.78 is 1.53. The van der Waals surface area contributed by atoms with Crippen molar-refractivity contribution < 1.29 is 14.5 Å². The van der Waals surface area contributed by atoms with Crippen LogP contribution in [0.2, 0.25) is 0 Å². The molecule has 170 valence electrons. The zero-order valence-corrected chi connectivity index (χ0v) is 18.1. The van der Waals surface area contributed by atoms with E-state index < -0.39 is 10.8 Å². The Morgan fingerprint density at radius 2 is 1.76 bits per heavy atom. The third kappa shape index (κ3) is 5.13. The number of carbonyl (C=O) groups is 2. The lowest BCUT2D eigenvalue weighted by molar-refractivity contribution is -0.384. The quantitative estimate of drug-likeness (QED) is 0.322. The SMILES string of the molecule is Cc1cc(NC(=O)c2cccc([N+](=O)[O-])c2)n(-c2ccc(C(=O)NCc3ccccn3)cc2)n1. The molecule has 0 atom stereocenters. The molecule has 2 aromatic heterocycles. The van der Waals surface area contributed by atoms with E-state index in [2.05, 4.69) is 20.7 Å². The van der Waals surface area contributed by atoms with Crippen molar-refractivity contribution in [1.82, 2.24) is 20.1 Å². The van der Waals surface area contributed by atoms with Crippen molar-refractivity contribution in [2.45, 2.75) is 13.5 Å². The number of aryl methyl sites for hydroxylation is 1. The minimum Gasteiger partial charge on any atom is -0.346 e. The van der Waals surface area contributed by atoms with Crippen molar-refractivity contribution in [2.75, 3.05) is 5.32 Å². The molecule has 0 spiro atoms. The van der Waals surface area contributed by atoms with E-state index in [1.807, 2.05) is 12.1 Å². The van der Waals surface area contributed by atoms with Gasteiger partial charge < -0.3 is 10.6 Å². The number of hydrogen-bond acceptors (Lipinski definition) is 6. The van der Waals surface area contributed by atoms with Crippen LogP contribution in [0.25, 0.3) is 5.69 Å². The number of aromatic nitrogens is 3. The number of amides is 2. The number of non-ortho nitro benzene ring substituents is 1. The maximum absolute atomic E-state index is 12.7. The van der Waals surface area contributed by atoms with Crippen LogP contribution < -0.4 is 10.6 Å². The topological polar surface area (TPSA) is 132 Å². The third-order valence-electron chi connectivity index (χ3n) is 4.92. The molecular weight excluding hydrogens is 436 g/mol. The number of nitrogens with zero attached hydrogens (tertiary/aromatic N) is 4. The fourth-order valence-electron chi connectivity index (χ4n) is 3.26. The van der Waals surface area contributed by atoms with Crippen LogP contribution in [-0.2, 0) is 6.54 Å². The first-order valence-electron chi connectivity index (χ1n) is 10.3. The maximum Gasteiger partial charge on any atom is 0.270 e. The molecule has 2 heterocycles. The monoisotopic (exact) mass is 456 g/mol. The predicted octanol–water partition coefficient (Wildman–Crippen LogP) is 3.67. The van der Waals surface area contributed by atoms with Crippen LogP contribution in [-0.4, -0.2) is 31.5 Å². The molecule has 0 aliphatic heterocycles. The molecule has 0 aliphatic rings. The first kappa shape index (κ1) is 22.3. The molecule has 0 aliphatic carbocycles. The highest BCUT2D eigenvalue weighted by Crippen LogP contribution is 2.20. The lowest BCUT2D eigenvalue weighted by atomic mass is 10.2. The van der Waals surface area contributed by atoms with Crippen LogP contribution >= 0.6 is 0 Å². The predicted molar refractivity (Wildman–Crippen MR) is 125 cm³/mol. The van der Waals surface area contributed by atoms with Gasteiger partial charge >= 0.3 is 0 Å². The molecule has 0 fully saturated rings. The van der Waals surface area contributed by atoms with Gasteiger partial charge in [-0.25, -0.2) is 4.68 Å². The summed E-state index contributed by atoms with van der Waals surface area (Å²) in [5.41, 5.74) is 2.48. The highest BCUT2D eigenvalue weighted by molar-refractivity contribution is 6.04. The van der Waals surface area contributed by atoms with E-state index >= 15 is 0 Å². The largest absolute Gasteiger partial charge is 0.346 e. The zero-order valence-electron chi connectivity index (χ0n) is 18.1. The highest BCUT2D eigenvalue weighted by Gasteiger charge is 2.15. The number of hydrogen-bond donors (Lipinski definition) is 2. The van der Waals surface area contributed by atoms with Crippen molar-refractivity contribution in [3.63, 3.8) is 0 Å². The molecule has 0 saturated carbocycles. The van der Waals surface area contributed by atoms with Crippen LogP contribution in [0.15, 0.2) is 79.0 Å². The summed E-state index contributed by atoms with van der Waals surface area (Å²) in [5.74, 6) is -0.357. The lowest BCUT2D eigenvalue weighted by Crippen LogP contribution is -2.23. The van der Waals surface area contributed by atoms with Gasteiger partial charge in [-0.3, -0.25) is 24.7 Å². The Hall–Kier alpha value is -4.86. The minimum absolute atomic E-state index is 0.152. The Bertz CT molecular complexity index is 1350. The summed E-state index contributed by atoms with van der Waals surface area (Å²) >= 11 is 0. The Kier molecular flexibility index (Phi) is 6.40. The Balaban J connectivity index is 1.49. The van der Waals surface area contributed by atoms with Crippen molar-refractivity contribution >= 4 is 23.3 Å². The van der Waals surface area contributed by atoms with E-state index in [0.29, 0.717) is 29.3 Å². The second-order valence-electron chi connectivity index (χ2n) is 7.39. The molecule has 2 amide bonds. The van der Waals surface area contributed by atoms with Crippen LogP contribution in [0, 0.1) is 17.0 Å². The number of nitrogens with one attached hydrogen (secondary N) is 2. The first-order chi connectivity index (χ1) is 16.4. The summed E-state index contributed by atoms with van der Waals surface area (Å²) in [5, 5.41) is 21.0. The van der Waals surface area contributed by atoms with Gasteiger partial charge in [0.1, 0.15) is 5.82 Å². The third-order valence-corrected chi connectivity index (χ3v) is 4.92. The number of nitro benzene ring substituents is 1. The molecule has 0 unspecified atom stereocenters. The van der Waals surface area contributed by atoms with Gasteiger partial charge in [0.15, 0.2) is 0 Å². The van der Waals surface area contributed by atoms with Crippen LogP contribution in [0.3, 0.4) is 0 Å². The van der Waals surface area contributed by atoms with E-state index in [-0.39, 0.29) is 17.2 Å². The summed E-state index contributed by atoms with van der Waals surface area (Å²) in [4.78, 5) is 39.7. The highest BCUT2D eigenvalue weighted by atomic mass is 16.6.